The number of benzene rings is 1. The molecule has 0 aliphatic heterocycles. The Kier molecular flexibility index (Phi) is 1.87. The molecular formula is C16H17NO. The van der Waals surface area contributed by atoms with Gasteiger partial charge in [0.05, 0.1) is 5.41 Å². The van der Waals surface area contributed by atoms with E-state index in [1.807, 2.05) is 6.07 Å². The van der Waals surface area contributed by atoms with Crippen LogP contribution in [0.1, 0.15) is 30.4 Å². The zero-order valence-electron chi connectivity index (χ0n) is 10.4. The number of allylic oxidation sites excluding steroid dienone is 2. The Morgan fingerprint density at radius 2 is 2.11 bits per heavy atom. The van der Waals surface area contributed by atoms with Gasteiger partial charge in [-0.3, -0.25) is 4.79 Å². The number of carbonyl (C=O) groups is 1. The smallest absolute Gasteiger partial charge is 0.144 e. The van der Waals surface area contributed by atoms with Gasteiger partial charge in [0.1, 0.15) is 5.78 Å². The van der Waals surface area contributed by atoms with Crippen molar-refractivity contribution in [3.63, 3.8) is 0 Å². The third kappa shape index (κ3) is 1.11. The van der Waals surface area contributed by atoms with Gasteiger partial charge < -0.3 is 5.73 Å². The molecule has 0 heterocycles. The Hall–Kier alpha value is -1.57. The van der Waals surface area contributed by atoms with Crippen LogP contribution in [-0.4, -0.2) is 5.78 Å². The second-order valence-corrected chi connectivity index (χ2v) is 6.00. The normalized spacial score (nSPS) is 36.3. The molecule has 1 aromatic rings. The van der Waals surface area contributed by atoms with Gasteiger partial charge in [-0.15, -0.1) is 0 Å². The number of nitrogens with two attached hydrogens (primary N) is 1. The zero-order valence-corrected chi connectivity index (χ0v) is 10.4. The average Bonchev–Trinajstić information content (AvgIpc) is 2.96. The lowest BCUT2D eigenvalue weighted by Crippen LogP contribution is -2.43. The number of carbonyl (C=O) groups excluding carboxylic acids is 1. The third-order valence-electron chi connectivity index (χ3n) is 5.12. The first-order valence-corrected chi connectivity index (χ1v) is 6.80. The highest BCUT2D eigenvalue weighted by Crippen LogP contribution is 2.56. The van der Waals surface area contributed by atoms with Crippen LogP contribution >= 0.6 is 0 Å². The maximum atomic E-state index is 12.6. The number of aryl methyl sites for hydroxylation is 1. The van der Waals surface area contributed by atoms with Crippen LogP contribution in [0, 0.1) is 11.8 Å². The number of fused-ring (bicyclic) bond motifs is 5. The van der Waals surface area contributed by atoms with Crippen LogP contribution in [0.4, 0.5) is 5.69 Å². The molecule has 1 spiro atoms. The Morgan fingerprint density at radius 3 is 2.83 bits per heavy atom. The minimum Gasteiger partial charge on any atom is -0.399 e. The summed E-state index contributed by atoms with van der Waals surface area (Å²) in [6, 6.07) is 6.14. The Balaban J connectivity index is 1.96. The van der Waals surface area contributed by atoms with Crippen LogP contribution in [0.15, 0.2) is 30.4 Å². The second-order valence-electron chi connectivity index (χ2n) is 6.00. The molecule has 2 nitrogen and oxygen atoms in total. The Bertz CT molecular complexity index is 574. The molecule has 0 saturated heterocycles. The van der Waals surface area contributed by atoms with Crippen LogP contribution < -0.4 is 5.73 Å². The van der Waals surface area contributed by atoms with Gasteiger partial charge in [0.25, 0.3) is 0 Å². The summed E-state index contributed by atoms with van der Waals surface area (Å²) in [7, 11) is 0. The van der Waals surface area contributed by atoms with E-state index in [-0.39, 0.29) is 5.41 Å². The van der Waals surface area contributed by atoms with Crippen molar-refractivity contribution in [2.75, 3.05) is 5.73 Å². The molecule has 3 atom stereocenters. The van der Waals surface area contributed by atoms with Crippen molar-refractivity contribution < 1.29 is 4.79 Å². The number of nitrogen functional groups attached to an aromatic ring is 1. The number of ketones is 1. The maximum absolute atomic E-state index is 12.6. The van der Waals surface area contributed by atoms with Gasteiger partial charge in [0.2, 0.25) is 0 Å². The first kappa shape index (κ1) is 10.4. The zero-order chi connectivity index (χ0) is 12.3. The van der Waals surface area contributed by atoms with E-state index < -0.39 is 0 Å². The summed E-state index contributed by atoms with van der Waals surface area (Å²) < 4.78 is 0. The van der Waals surface area contributed by atoms with Gasteiger partial charge in [0, 0.05) is 12.1 Å². The molecule has 3 unspecified atom stereocenters. The fourth-order valence-corrected chi connectivity index (χ4v) is 4.34. The van der Waals surface area contributed by atoms with Gasteiger partial charge in [-0.2, -0.15) is 0 Å². The van der Waals surface area contributed by atoms with Crippen LogP contribution in [-0.2, 0) is 16.6 Å². The quantitative estimate of drug-likeness (QED) is 0.558. The van der Waals surface area contributed by atoms with E-state index in [1.165, 1.54) is 11.1 Å². The third-order valence-corrected chi connectivity index (χ3v) is 5.12. The number of rotatable bonds is 0. The molecule has 2 N–H and O–H groups in total. The van der Waals surface area contributed by atoms with E-state index in [4.69, 9.17) is 5.73 Å². The summed E-state index contributed by atoms with van der Waals surface area (Å²) >= 11 is 0. The van der Waals surface area contributed by atoms with E-state index >= 15 is 0 Å². The molecule has 18 heavy (non-hydrogen) atoms. The topological polar surface area (TPSA) is 43.1 Å². The van der Waals surface area contributed by atoms with Gasteiger partial charge in [-0.05, 0) is 54.4 Å². The fraction of sp³-hybridized carbons (Fsp3) is 0.438. The van der Waals surface area contributed by atoms with E-state index in [2.05, 4.69) is 24.3 Å². The molecule has 92 valence electrons. The lowest BCUT2D eigenvalue weighted by molar-refractivity contribution is -0.126. The highest BCUT2D eigenvalue weighted by Gasteiger charge is 2.55. The monoisotopic (exact) mass is 239 g/mol. The molecule has 2 heteroatoms. The number of hydrogen-bond acceptors (Lipinski definition) is 2. The Labute approximate surface area is 107 Å². The van der Waals surface area contributed by atoms with Gasteiger partial charge in [-0.25, -0.2) is 0 Å². The van der Waals surface area contributed by atoms with E-state index in [1.54, 1.807) is 0 Å². The first-order chi connectivity index (χ1) is 8.70. The lowest BCUT2D eigenvalue weighted by atomic mass is 9.62. The van der Waals surface area contributed by atoms with Gasteiger partial charge in [0.15, 0.2) is 0 Å². The van der Waals surface area contributed by atoms with E-state index in [9.17, 15) is 4.79 Å². The Morgan fingerprint density at radius 1 is 1.22 bits per heavy atom. The van der Waals surface area contributed by atoms with Crippen molar-refractivity contribution in [1.82, 2.24) is 0 Å². The van der Waals surface area contributed by atoms with Crippen molar-refractivity contribution in [3.8, 4) is 0 Å². The highest BCUT2D eigenvalue weighted by atomic mass is 16.1. The lowest BCUT2D eigenvalue weighted by Gasteiger charge is -2.39. The summed E-state index contributed by atoms with van der Waals surface area (Å²) in [4.78, 5) is 12.6. The summed E-state index contributed by atoms with van der Waals surface area (Å²) in [5.41, 5.74) is 9.07. The number of anilines is 1. The van der Waals surface area contributed by atoms with Crippen LogP contribution in [0.25, 0.3) is 0 Å². The molecule has 3 aliphatic rings. The molecule has 4 rings (SSSR count). The van der Waals surface area contributed by atoms with E-state index in [0.29, 0.717) is 24.0 Å². The molecule has 3 aliphatic carbocycles. The van der Waals surface area contributed by atoms with Crippen LogP contribution in [0.2, 0.25) is 0 Å². The molecule has 0 radical (unpaired) electrons. The van der Waals surface area contributed by atoms with Crippen LogP contribution in [0.5, 0.6) is 0 Å². The van der Waals surface area contributed by atoms with Crippen molar-refractivity contribution in [1.29, 1.82) is 0 Å². The molecule has 0 aromatic heterocycles. The van der Waals surface area contributed by atoms with Crippen molar-refractivity contribution >= 4 is 11.5 Å². The van der Waals surface area contributed by atoms with E-state index in [0.717, 1.165) is 24.9 Å². The summed E-state index contributed by atoms with van der Waals surface area (Å²) in [6.07, 6.45) is 8.31. The predicted octanol–water partition coefficient (Wildman–Crippen LogP) is 2.62. The molecule has 0 amide bonds. The van der Waals surface area contributed by atoms with Crippen molar-refractivity contribution in [3.05, 3.63) is 41.5 Å². The fourth-order valence-electron chi connectivity index (χ4n) is 4.34. The number of hydrogen-bond donors (Lipinski definition) is 1. The first-order valence-electron chi connectivity index (χ1n) is 6.80. The highest BCUT2D eigenvalue weighted by molar-refractivity contribution is 5.94. The molecule has 2 bridgehead atoms. The predicted molar refractivity (Wildman–Crippen MR) is 71.2 cm³/mol. The summed E-state index contributed by atoms with van der Waals surface area (Å²) in [6.45, 7) is 0. The number of Topliss-reactive ketones (excluding diaryl/α,β-unsaturated/α-hetero) is 1. The molecule has 1 aromatic carbocycles. The standard InChI is InChI=1S/C16H17NO/c17-13-5-2-11-3-6-15(18)16(14(11)8-13)9-10-1-4-12(16)7-10/h1-2,4-5,8,10,12H,3,6-7,9,17H2. The van der Waals surface area contributed by atoms with Crippen molar-refractivity contribution in [2.45, 2.75) is 31.1 Å². The van der Waals surface area contributed by atoms with Crippen molar-refractivity contribution in [2.24, 2.45) is 11.8 Å². The summed E-state index contributed by atoms with van der Waals surface area (Å²) in [5.74, 6) is 1.46. The molecular weight excluding hydrogens is 222 g/mol. The van der Waals surface area contributed by atoms with Gasteiger partial charge >= 0.3 is 0 Å². The largest absolute Gasteiger partial charge is 0.399 e. The summed E-state index contributed by atoms with van der Waals surface area (Å²) in [5, 5.41) is 0. The maximum Gasteiger partial charge on any atom is 0.144 e. The minimum absolute atomic E-state index is 0.234. The second kappa shape index (κ2) is 3.25. The molecule has 1 fully saturated rings. The van der Waals surface area contributed by atoms with Gasteiger partial charge in [-0.1, -0.05) is 18.2 Å². The molecule has 1 saturated carbocycles. The van der Waals surface area contributed by atoms with Crippen LogP contribution in [0.3, 0.4) is 0 Å². The average molecular weight is 239 g/mol. The minimum atomic E-state index is -0.234. The SMILES string of the molecule is Nc1ccc2c(c1)C1(CC3C=CC1C3)C(=O)CC2.